The van der Waals surface area contributed by atoms with E-state index in [4.69, 9.17) is 14.2 Å². The van der Waals surface area contributed by atoms with E-state index in [1.807, 2.05) is 0 Å². The molecule has 0 aliphatic heterocycles. The van der Waals surface area contributed by atoms with Gasteiger partial charge in [-0.2, -0.15) is 0 Å². The fraction of sp³-hybridized carbons (Fsp3) is 0.685. The van der Waals surface area contributed by atoms with Crippen molar-refractivity contribution in [3.05, 3.63) is 85.1 Å². The summed E-state index contributed by atoms with van der Waals surface area (Å²) in [5.41, 5.74) is 0. The van der Waals surface area contributed by atoms with Gasteiger partial charge in [0.2, 0.25) is 0 Å². The number of hydrogen-bond acceptors (Lipinski definition) is 6. The van der Waals surface area contributed by atoms with Gasteiger partial charge in [0, 0.05) is 19.3 Å². The molecule has 0 aliphatic rings. The SMILES string of the molecule is CCCC/C=C\C=C/CCCCCC(=O)OCC(COC(=O)CCCCCCC\C=C/C=C\C=C/C=C\CCCCC)OC(=O)CCCCC/C=C\CCCCCCCC. The number of unbranched alkanes of at least 4 members (excludes halogenated alkanes) is 22. The molecule has 6 heteroatoms. The largest absolute Gasteiger partial charge is 0.462 e. The number of esters is 3. The Labute approximate surface area is 369 Å². The van der Waals surface area contributed by atoms with Gasteiger partial charge in [0.05, 0.1) is 0 Å². The molecule has 0 aliphatic carbocycles. The highest BCUT2D eigenvalue weighted by molar-refractivity contribution is 5.71. The van der Waals surface area contributed by atoms with Crippen molar-refractivity contribution in [2.45, 2.75) is 226 Å². The van der Waals surface area contributed by atoms with E-state index in [2.05, 4.69) is 106 Å². The molecule has 60 heavy (non-hydrogen) atoms. The van der Waals surface area contributed by atoms with E-state index < -0.39 is 6.10 Å². The molecule has 0 amide bonds. The molecule has 1 unspecified atom stereocenters. The van der Waals surface area contributed by atoms with Crippen LogP contribution in [-0.2, 0) is 28.6 Å². The topological polar surface area (TPSA) is 78.9 Å². The van der Waals surface area contributed by atoms with Crippen LogP contribution in [-0.4, -0.2) is 37.2 Å². The summed E-state index contributed by atoms with van der Waals surface area (Å²) in [6.45, 7) is 6.46. The third-order valence-corrected chi connectivity index (χ3v) is 10.2. The number of carbonyl (C=O) groups excluding carboxylic acids is 3. The summed E-state index contributed by atoms with van der Waals surface area (Å²) in [5.74, 6) is -0.974. The molecule has 0 aromatic carbocycles. The van der Waals surface area contributed by atoms with Crippen LogP contribution < -0.4 is 0 Å². The molecular weight excluding hydrogens is 745 g/mol. The molecule has 0 spiro atoms. The van der Waals surface area contributed by atoms with Crippen LogP contribution in [0.25, 0.3) is 0 Å². The van der Waals surface area contributed by atoms with Gasteiger partial charge in [-0.1, -0.05) is 196 Å². The highest BCUT2D eigenvalue weighted by Crippen LogP contribution is 2.12. The third kappa shape index (κ3) is 45.7. The Hall–Kier alpha value is -3.41. The molecule has 0 rings (SSSR count). The van der Waals surface area contributed by atoms with Crippen LogP contribution in [0.1, 0.15) is 220 Å². The summed E-state index contributed by atoms with van der Waals surface area (Å²) in [6, 6.07) is 0. The molecule has 0 N–H and O–H groups in total. The van der Waals surface area contributed by atoms with Gasteiger partial charge in [-0.3, -0.25) is 14.4 Å². The normalized spacial score (nSPS) is 12.8. The Morgan fingerprint density at radius 3 is 1.10 bits per heavy atom. The first-order valence-electron chi connectivity index (χ1n) is 24.7. The minimum absolute atomic E-state index is 0.104. The van der Waals surface area contributed by atoms with E-state index >= 15 is 0 Å². The van der Waals surface area contributed by atoms with Crippen LogP contribution in [0.5, 0.6) is 0 Å². The summed E-state index contributed by atoms with van der Waals surface area (Å²) in [4.78, 5) is 37.8. The van der Waals surface area contributed by atoms with Crippen LogP contribution in [0.15, 0.2) is 85.1 Å². The van der Waals surface area contributed by atoms with Crippen LogP contribution >= 0.6 is 0 Å². The summed E-state index contributed by atoms with van der Waals surface area (Å²) in [6.07, 6.45) is 61.3. The fourth-order valence-corrected chi connectivity index (χ4v) is 6.42. The average molecular weight is 835 g/mol. The van der Waals surface area contributed by atoms with E-state index in [0.29, 0.717) is 19.3 Å². The van der Waals surface area contributed by atoms with Crippen molar-refractivity contribution in [2.75, 3.05) is 13.2 Å². The molecule has 0 aromatic heterocycles. The van der Waals surface area contributed by atoms with Gasteiger partial charge in [0.25, 0.3) is 0 Å². The molecule has 342 valence electrons. The van der Waals surface area contributed by atoms with E-state index in [-0.39, 0.29) is 31.1 Å². The van der Waals surface area contributed by atoms with Crippen molar-refractivity contribution in [3.63, 3.8) is 0 Å². The first-order valence-corrected chi connectivity index (χ1v) is 24.7. The molecule has 0 fully saturated rings. The smallest absolute Gasteiger partial charge is 0.306 e. The molecular formula is C54H90O6. The first-order chi connectivity index (χ1) is 29.5. The lowest BCUT2D eigenvalue weighted by Gasteiger charge is -2.18. The van der Waals surface area contributed by atoms with Crippen molar-refractivity contribution >= 4 is 17.9 Å². The monoisotopic (exact) mass is 835 g/mol. The lowest BCUT2D eigenvalue weighted by Crippen LogP contribution is -2.30. The highest BCUT2D eigenvalue weighted by Gasteiger charge is 2.19. The van der Waals surface area contributed by atoms with Gasteiger partial charge < -0.3 is 14.2 Å². The molecule has 6 nitrogen and oxygen atoms in total. The van der Waals surface area contributed by atoms with E-state index in [1.165, 1.54) is 70.6 Å². The molecule has 0 heterocycles. The maximum Gasteiger partial charge on any atom is 0.306 e. The maximum atomic E-state index is 12.7. The standard InChI is InChI=1S/C54H90O6/c1-4-7-10-13-16-19-22-24-25-26-27-28-30-32-35-38-41-44-47-53(56)59-50-51(49-58-52(55)46-43-40-37-34-31-21-18-15-12-9-6-3)60-54(57)48-45-42-39-36-33-29-23-20-17-14-11-8-5-2/h15-16,18-19,21-22,24-29,31,33,51H,4-14,17,20,23,30,32,34-50H2,1-3H3/b18-15-,19-16-,24-22-,26-25-,28-27-,31-21-,33-29-. The molecule has 0 bridgehead atoms. The quantitative estimate of drug-likeness (QED) is 0.0200. The second kappa shape index (κ2) is 48.3. The van der Waals surface area contributed by atoms with Gasteiger partial charge in [-0.15, -0.1) is 0 Å². The van der Waals surface area contributed by atoms with Gasteiger partial charge >= 0.3 is 17.9 Å². The Bertz CT molecular complexity index is 1190. The zero-order valence-electron chi connectivity index (χ0n) is 38.9. The third-order valence-electron chi connectivity index (χ3n) is 10.2. The number of hydrogen-bond donors (Lipinski definition) is 0. The zero-order valence-corrected chi connectivity index (χ0v) is 38.9. The predicted molar refractivity (Wildman–Crippen MR) is 256 cm³/mol. The van der Waals surface area contributed by atoms with Gasteiger partial charge in [0.1, 0.15) is 13.2 Å². The molecule has 0 saturated heterocycles. The summed E-state index contributed by atoms with van der Waals surface area (Å²) >= 11 is 0. The van der Waals surface area contributed by atoms with E-state index in [1.54, 1.807) is 0 Å². The molecule has 1 atom stereocenters. The molecule has 0 radical (unpaired) electrons. The lowest BCUT2D eigenvalue weighted by atomic mass is 10.1. The molecule has 0 aromatic rings. The summed E-state index contributed by atoms with van der Waals surface area (Å²) < 4.78 is 16.7. The second-order valence-electron chi connectivity index (χ2n) is 16.1. The minimum atomic E-state index is -0.804. The summed E-state index contributed by atoms with van der Waals surface area (Å²) in [5, 5.41) is 0. The Morgan fingerprint density at radius 1 is 0.333 bits per heavy atom. The van der Waals surface area contributed by atoms with Crippen LogP contribution in [0, 0.1) is 0 Å². The van der Waals surface area contributed by atoms with Crippen molar-refractivity contribution in [1.82, 2.24) is 0 Å². The second-order valence-corrected chi connectivity index (χ2v) is 16.1. The lowest BCUT2D eigenvalue weighted by molar-refractivity contribution is -0.167. The zero-order chi connectivity index (χ0) is 43.7. The predicted octanol–water partition coefficient (Wildman–Crippen LogP) is 16.0. The number of ether oxygens (including phenoxy) is 3. The van der Waals surface area contributed by atoms with Crippen molar-refractivity contribution < 1.29 is 28.6 Å². The molecule has 0 saturated carbocycles. The van der Waals surface area contributed by atoms with Crippen LogP contribution in [0.3, 0.4) is 0 Å². The summed E-state index contributed by atoms with van der Waals surface area (Å²) in [7, 11) is 0. The minimum Gasteiger partial charge on any atom is -0.462 e. The Balaban J connectivity index is 4.47. The van der Waals surface area contributed by atoms with Gasteiger partial charge in [-0.05, 0) is 89.9 Å². The number of rotatable bonds is 43. The van der Waals surface area contributed by atoms with Crippen molar-refractivity contribution in [3.8, 4) is 0 Å². The van der Waals surface area contributed by atoms with Crippen LogP contribution in [0.2, 0.25) is 0 Å². The van der Waals surface area contributed by atoms with Crippen LogP contribution in [0.4, 0.5) is 0 Å². The van der Waals surface area contributed by atoms with E-state index in [9.17, 15) is 14.4 Å². The van der Waals surface area contributed by atoms with E-state index in [0.717, 1.165) is 109 Å². The number of allylic oxidation sites excluding steroid dienone is 14. The fourth-order valence-electron chi connectivity index (χ4n) is 6.42. The van der Waals surface area contributed by atoms with Gasteiger partial charge in [0.15, 0.2) is 6.10 Å². The van der Waals surface area contributed by atoms with Gasteiger partial charge in [-0.25, -0.2) is 0 Å². The maximum absolute atomic E-state index is 12.7. The first kappa shape index (κ1) is 56.6. The van der Waals surface area contributed by atoms with Crippen molar-refractivity contribution in [1.29, 1.82) is 0 Å². The highest BCUT2D eigenvalue weighted by atomic mass is 16.6. The number of carbonyl (C=O) groups is 3. The Kier molecular flexibility index (Phi) is 45.5. The Morgan fingerprint density at radius 2 is 0.633 bits per heavy atom. The van der Waals surface area contributed by atoms with Crippen molar-refractivity contribution in [2.24, 2.45) is 0 Å². The average Bonchev–Trinajstić information content (AvgIpc) is 3.24.